The van der Waals surface area contributed by atoms with E-state index in [1.54, 1.807) is 6.07 Å². The first-order chi connectivity index (χ1) is 13.1. The molecule has 1 aromatic heterocycles. The highest BCUT2D eigenvalue weighted by Crippen LogP contribution is 2.33. The standard InChI is InChI=1S/C23H25NO3/c1-4-17-11-21(25)27-23-16(3)22-19(10-20(17)23)13-24(14-26-22)12-15(2)18-8-6-5-7-9-18/h5-11,15H,4,12-14H2,1-3H3/p+1/t15-/m0/s1. The molecule has 0 saturated heterocycles. The lowest BCUT2D eigenvalue weighted by Gasteiger charge is -2.29. The molecule has 1 aliphatic rings. The van der Waals surface area contributed by atoms with Crippen molar-refractivity contribution in [3.8, 4) is 5.75 Å². The molecule has 0 amide bonds. The van der Waals surface area contributed by atoms with Crippen LogP contribution in [0.1, 0.15) is 42.0 Å². The monoisotopic (exact) mass is 364 g/mol. The molecule has 2 aromatic carbocycles. The first kappa shape index (κ1) is 17.8. The van der Waals surface area contributed by atoms with Crippen LogP contribution in [-0.2, 0) is 13.0 Å². The average molecular weight is 364 g/mol. The van der Waals surface area contributed by atoms with Gasteiger partial charge in [0.1, 0.15) is 17.9 Å². The Hall–Kier alpha value is -2.59. The molecular formula is C23H26NO3+. The minimum Gasteiger partial charge on any atom is -0.444 e. The van der Waals surface area contributed by atoms with Crippen LogP contribution < -0.4 is 15.3 Å². The van der Waals surface area contributed by atoms with Crippen LogP contribution in [0.5, 0.6) is 5.75 Å². The van der Waals surface area contributed by atoms with Gasteiger partial charge in [0, 0.05) is 28.5 Å². The highest BCUT2D eigenvalue weighted by molar-refractivity contribution is 5.86. The molecule has 0 aliphatic carbocycles. The highest BCUT2D eigenvalue weighted by Gasteiger charge is 2.26. The van der Waals surface area contributed by atoms with Crippen molar-refractivity contribution in [3.63, 3.8) is 0 Å². The van der Waals surface area contributed by atoms with Gasteiger partial charge in [0.05, 0.1) is 6.54 Å². The van der Waals surface area contributed by atoms with Crippen molar-refractivity contribution in [1.82, 2.24) is 0 Å². The van der Waals surface area contributed by atoms with Gasteiger partial charge in [-0.2, -0.15) is 0 Å². The maximum atomic E-state index is 11.9. The molecule has 0 fully saturated rings. The second kappa shape index (κ2) is 7.20. The van der Waals surface area contributed by atoms with E-state index in [1.165, 1.54) is 16.0 Å². The summed E-state index contributed by atoms with van der Waals surface area (Å²) in [6.07, 6.45) is 0.808. The van der Waals surface area contributed by atoms with Crippen LogP contribution in [0.25, 0.3) is 11.0 Å². The van der Waals surface area contributed by atoms with Crippen molar-refractivity contribution in [2.24, 2.45) is 0 Å². The summed E-state index contributed by atoms with van der Waals surface area (Å²) in [6.45, 7) is 8.90. The first-order valence-corrected chi connectivity index (χ1v) is 9.67. The van der Waals surface area contributed by atoms with Gasteiger partial charge in [-0.3, -0.25) is 4.90 Å². The molecule has 1 aliphatic heterocycles. The fourth-order valence-corrected chi connectivity index (χ4v) is 4.15. The number of quaternary nitrogens is 1. The Labute approximate surface area is 159 Å². The molecule has 2 atom stereocenters. The summed E-state index contributed by atoms with van der Waals surface area (Å²) >= 11 is 0. The summed E-state index contributed by atoms with van der Waals surface area (Å²) in [5.41, 5.74) is 4.91. The number of rotatable bonds is 4. The van der Waals surface area contributed by atoms with Gasteiger partial charge in [0.15, 0.2) is 0 Å². The zero-order chi connectivity index (χ0) is 19.0. The highest BCUT2D eigenvalue weighted by atomic mass is 16.5. The molecule has 4 heteroatoms. The van der Waals surface area contributed by atoms with E-state index in [0.29, 0.717) is 18.2 Å². The third-order valence-corrected chi connectivity index (χ3v) is 5.58. The molecule has 1 N–H and O–H groups in total. The Bertz CT molecular complexity index is 1020. The van der Waals surface area contributed by atoms with Crippen molar-refractivity contribution < 1.29 is 14.1 Å². The second-order valence-electron chi connectivity index (χ2n) is 7.54. The normalized spacial score (nSPS) is 17.4. The lowest BCUT2D eigenvalue weighted by molar-refractivity contribution is -0.933. The molecule has 0 spiro atoms. The summed E-state index contributed by atoms with van der Waals surface area (Å²) in [5.74, 6) is 1.35. The van der Waals surface area contributed by atoms with Crippen molar-refractivity contribution in [2.75, 3.05) is 13.3 Å². The van der Waals surface area contributed by atoms with Crippen LogP contribution in [-0.4, -0.2) is 13.3 Å². The topological polar surface area (TPSA) is 43.9 Å². The predicted octanol–water partition coefficient (Wildman–Crippen LogP) is 3.20. The number of hydrogen-bond acceptors (Lipinski definition) is 3. The van der Waals surface area contributed by atoms with Crippen LogP contribution in [0.4, 0.5) is 0 Å². The second-order valence-corrected chi connectivity index (χ2v) is 7.54. The molecule has 4 rings (SSSR count). The summed E-state index contributed by atoms with van der Waals surface area (Å²) in [7, 11) is 0. The number of nitrogens with one attached hydrogen (secondary N) is 1. The zero-order valence-electron chi connectivity index (χ0n) is 16.2. The molecular weight excluding hydrogens is 338 g/mol. The van der Waals surface area contributed by atoms with E-state index in [-0.39, 0.29) is 5.63 Å². The van der Waals surface area contributed by atoms with E-state index in [0.717, 1.165) is 41.8 Å². The average Bonchev–Trinajstić information content (AvgIpc) is 2.69. The summed E-state index contributed by atoms with van der Waals surface area (Å²) in [4.78, 5) is 13.3. The van der Waals surface area contributed by atoms with E-state index in [9.17, 15) is 4.79 Å². The maximum Gasteiger partial charge on any atom is 0.336 e. The van der Waals surface area contributed by atoms with Gasteiger partial charge >= 0.3 is 5.63 Å². The number of ether oxygens (including phenoxy) is 1. The maximum absolute atomic E-state index is 11.9. The third-order valence-electron chi connectivity index (χ3n) is 5.58. The Kier molecular flexibility index (Phi) is 4.75. The van der Waals surface area contributed by atoms with E-state index < -0.39 is 0 Å². The van der Waals surface area contributed by atoms with Crippen molar-refractivity contribution in [1.29, 1.82) is 0 Å². The van der Waals surface area contributed by atoms with Crippen LogP contribution in [0.15, 0.2) is 51.7 Å². The van der Waals surface area contributed by atoms with Crippen molar-refractivity contribution in [3.05, 3.63) is 75.1 Å². The number of hydrogen-bond donors (Lipinski definition) is 1. The van der Waals surface area contributed by atoms with Crippen LogP contribution in [0, 0.1) is 6.92 Å². The molecule has 4 nitrogen and oxygen atoms in total. The van der Waals surface area contributed by atoms with Crippen molar-refractivity contribution >= 4 is 11.0 Å². The third kappa shape index (κ3) is 3.37. The summed E-state index contributed by atoms with van der Waals surface area (Å²) < 4.78 is 11.6. The molecule has 0 saturated carbocycles. The largest absolute Gasteiger partial charge is 0.444 e. The first-order valence-electron chi connectivity index (χ1n) is 9.67. The Morgan fingerprint density at radius 3 is 2.70 bits per heavy atom. The molecule has 0 bridgehead atoms. The van der Waals surface area contributed by atoms with Crippen LogP contribution >= 0.6 is 0 Å². The van der Waals surface area contributed by atoms with Gasteiger partial charge in [-0.05, 0) is 30.5 Å². The number of fused-ring (bicyclic) bond motifs is 2. The van der Waals surface area contributed by atoms with Gasteiger partial charge in [0.2, 0.25) is 6.73 Å². The Balaban J connectivity index is 1.65. The SMILES string of the molecule is CCc1cc(=O)oc2c(C)c3c(cc12)C[NH+](C[C@H](C)c1ccccc1)CO3. The smallest absolute Gasteiger partial charge is 0.336 e. The lowest BCUT2D eigenvalue weighted by atomic mass is 9.98. The number of aryl methyl sites for hydroxylation is 2. The van der Waals surface area contributed by atoms with Crippen LogP contribution in [0.3, 0.4) is 0 Å². The van der Waals surface area contributed by atoms with Crippen molar-refractivity contribution in [2.45, 2.75) is 39.7 Å². The van der Waals surface area contributed by atoms with Gasteiger partial charge in [0.25, 0.3) is 0 Å². The fraction of sp³-hybridized carbons (Fsp3) is 0.348. The minimum absolute atomic E-state index is 0.290. The van der Waals surface area contributed by atoms with E-state index in [4.69, 9.17) is 9.15 Å². The summed E-state index contributed by atoms with van der Waals surface area (Å²) in [6, 6.07) is 14.4. The molecule has 140 valence electrons. The molecule has 1 unspecified atom stereocenters. The van der Waals surface area contributed by atoms with Gasteiger partial charge in [-0.1, -0.05) is 44.2 Å². The molecule has 2 heterocycles. The van der Waals surface area contributed by atoms with E-state index in [1.807, 2.05) is 6.92 Å². The quantitative estimate of drug-likeness (QED) is 0.723. The van der Waals surface area contributed by atoms with E-state index in [2.05, 4.69) is 50.2 Å². The summed E-state index contributed by atoms with van der Waals surface area (Å²) in [5, 5.41) is 1.04. The molecule has 27 heavy (non-hydrogen) atoms. The van der Waals surface area contributed by atoms with Crippen LogP contribution in [0.2, 0.25) is 0 Å². The molecule has 3 aromatic rings. The zero-order valence-corrected chi connectivity index (χ0v) is 16.2. The van der Waals surface area contributed by atoms with E-state index >= 15 is 0 Å². The lowest BCUT2D eigenvalue weighted by Crippen LogP contribution is -3.12. The van der Waals surface area contributed by atoms with Gasteiger partial charge in [-0.25, -0.2) is 4.79 Å². The predicted molar refractivity (Wildman–Crippen MR) is 106 cm³/mol. The number of benzene rings is 2. The van der Waals surface area contributed by atoms with Gasteiger partial charge < -0.3 is 9.15 Å². The minimum atomic E-state index is -0.290. The Morgan fingerprint density at radius 1 is 1.19 bits per heavy atom. The fourth-order valence-electron chi connectivity index (χ4n) is 4.15. The molecule has 0 radical (unpaired) electrons. The Morgan fingerprint density at radius 2 is 1.96 bits per heavy atom. The van der Waals surface area contributed by atoms with Gasteiger partial charge in [-0.15, -0.1) is 0 Å².